The molecule has 0 heterocycles. The molecule has 0 bridgehead atoms. The summed E-state index contributed by atoms with van der Waals surface area (Å²) in [5.74, 6) is -1.70. The highest BCUT2D eigenvalue weighted by atomic mass is 16.5. The minimum Gasteiger partial charge on any atom is -0.512 e. The molecular formula is C16H24N2O6. The van der Waals surface area contributed by atoms with Crippen LogP contribution >= 0.6 is 0 Å². The van der Waals surface area contributed by atoms with Gasteiger partial charge < -0.3 is 19.7 Å². The fourth-order valence-corrected chi connectivity index (χ4v) is 1.43. The molecule has 0 atom stereocenters. The van der Waals surface area contributed by atoms with E-state index in [0.29, 0.717) is 0 Å². The van der Waals surface area contributed by atoms with E-state index >= 15 is 0 Å². The van der Waals surface area contributed by atoms with E-state index in [2.05, 4.69) is 9.98 Å². The van der Waals surface area contributed by atoms with Gasteiger partial charge in [-0.2, -0.15) is 0 Å². The second-order valence-corrected chi connectivity index (χ2v) is 4.51. The molecule has 0 aliphatic carbocycles. The molecule has 0 aliphatic heterocycles. The lowest BCUT2D eigenvalue weighted by Gasteiger charge is -2.03. The summed E-state index contributed by atoms with van der Waals surface area (Å²) in [4.78, 5) is 31.1. The van der Waals surface area contributed by atoms with E-state index in [9.17, 15) is 19.8 Å². The average molecular weight is 340 g/mol. The topological polar surface area (TPSA) is 118 Å². The fourth-order valence-electron chi connectivity index (χ4n) is 1.43. The molecule has 0 unspecified atom stereocenters. The van der Waals surface area contributed by atoms with Crippen molar-refractivity contribution in [1.29, 1.82) is 0 Å². The first kappa shape index (κ1) is 21.4. The number of nitrogens with zero attached hydrogens (tertiary/aromatic N) is 2. The number of rotatable bonds is 9. The van der Waals surface area contributed by atoms with Gasteiger partial charge in [0.05, 0.1) is 26.3 Å². The largest absolute Gasteiger partial charge is 0.512 e. The van der Waals surface area contributed by atoms with Gasteiger partial charge in [0, 0.05) is 12.4 Å². The summed E-state index contributed by atoms with van der Waals surface area (Å²) in [5.41, 5.74) is -0.0571. The summed E-state index contributed by atoms with van der Waals surface area (Å²) in [6.45, 7) is 6.85. The van der Waals surface area contributed by atoms with Crippen molar-refractivity contribution in [2.75, 3.05) is 26.3 Å². The zero-order valence-electron chi connectivity index (χ0n) is 14.4. The number of hydrogen-bond donors (Lipinski definition) is 2. The molecule has 0 saturated heterocycles. The summed E-state index contributed by atoms with van der Waals surface area (Å²) in [6, 6.07) is 0. The molecule has 0 radical (unpaired) electrons. The van der Waals surface area contributed by atoms with E-state index in [1.807, 2.05) is 0 Å². The average Bonchev–Trinajstić information content (AvgIpc) is 2.49. The van der Waals surface area contributed by atoms with Gasteiger partial charge in [-0.3, -0.25) is 9.98 Å². The Bertz CT molecular complexity index is 503. The smallest absolute Gasteiger partial charge is 0.343 e. The first-order valence-corrected chi connectivity index (χ1v) is 7.48. The number of hydrogen-bond acceptors (Lipinski definition) is 8. The van der Waals surface area contributed by atoms with Crippen molar-refractivity contribution in [3.63, 3.8) is 0 Å². The standard InChI is InChI=1S/C16H24N2O6/c1-5-23-15(21)13(11(3)19)9-17-7-8-18-10-14(12(4)20)16(22)24-6-2/h9-10,19-20H,5-8H2,1-4H3. The number of aliphatic hydroxyl groups excluding tert-OH is 2. The molecule has 0 aromatic carbocycles. The minimum absolute atomic E-state index is 0.0286. The lowest BCUT2D eigenvalue weighted by Crippen LogP contribution is -2.11. The van der Waals surface area contributed by atoms with Crippen LogP contribution in [0, 0.1) is 0 Å². The van der Waals surface area contributed by atoms with Gasteiger partial charge in [-0.25, -0.2) is 9.59 Å². The van der Waals surface area contributed by atoms with Crippen LogP contribution in [0.25, 0.3) is 0 Å². The SMILES string of the molecule is CCOC(=O)C(C=NCCN=CC(C(=O)OCC)=C(C)O)=C(C)O. The molecule has 134 valence electrons. The van der Waals surface area contributed by atoms with Crippen molar-refractivity contribution < 1.29 is 29.3 Å². The summed E-state index contributed by atoms with van der Waals surface area (Å²) in [6.07, 6.45) is 2.42. The predicted octanol–water partition coefficient (Wildman–Crippen LogP) is 1.92. The van der Waals surface area contributed by atoms with Gasteiger partial charge in [-0.05, 0) is 27.7 Å². The molecule has 0 amide bonds. The molecule has 0 aromatic rings. The lowest BCUT2D eigenvalue weighted by atomic mass is 10.2. The number of allylic oxidation sites excluding steroid dienone is 2. The number of ether oxygens (including phenoxy) is 2. The van der Waals surface area contributed by atoms with Crippen LogP contribution < -0.4 is 0 Å². The predicted molar refractivity (Wildman–Crippen MR) is 90.6 cm³/mol. The van der Waals surface area contributed by atoms with Crippen molar-refractivity contribution in [2.24, 2.45) is 9.98 Å². The second-order valence-electron chi connectivity index (χ2n) is 4.51. The Kier molecular flexibility index (Phi) is 10.6. The maximum absolute atomic E-state index is 11.6. The summed E-state index contributed by atoms with van der Waals surface area (Å²) in [7, 11) is 0. The molecule has 0 fully saturated rings. The van der Waals surface area contributed by atoms with Crippen LogP contribution in [-0.2, 0) is 19.1 Å². The van der Waals surface area contributed by atoms with Crippen LogP contribution in [0.1, 0.15) is 27.7 Å². The van der Waals surface area contributed by atoms with Crippen molar-refractivity contribution >= 4 is 24.4 Å². The molecular weight excluding hydrogens is 316 g/mol. The Morgan fingerprint density at radius 2 is 1.17 bits per heavy atom. The van der Waals surface area contributed by atoms with E-state index in [-0.39, 0.29) is 49.0 Å². The Balaban J connectivity index is 4.65. The first-order chi connectivity index (χ1) is 11.3. The molecule has 24 heavy (non-hydrogen) atoms. The number of carbonyl (C=O) groups is 2. The quantitative estimate of drug-likeness (QED) is 0.218. The van der Waals surface area contributed by atoms with E-state index in [1.165, 1.54) is 26.3 Å². The van der Waals surface area contributed by atoms with Crippen molar-refractivity contribution in [3.8, 4) is 0 Å². The zero-order valence-corrected chi connectivity index (χ0v) is 14.4. The number of carbonyl (C=O) groups excluding carboxylic acids is 2. The summed E-state index contributed by atoms with van der Waals surface area (Å²) in [5, 5.41) is 18.9. The third-order valence-corrected chi connectivity index (χ3v) is 2.57. The fraction of sp³-hybridized carbons (Fsp3) is 0.500. The number of aliphatic imine (C=N–C) groups is 2. The normalized spacial score (nSPS) is 13.7. The Morgan fingerprint density at radius 1 is 0.833 bits per heavy atom. The highest BCUT2D eigenvalue weighted by molar-refractivity contribution is 6.10. The first-order valence-electron chi connectivity index (χ1n) is 7.48. The van der Waals surface area contributed by atoms with Crippen molar-refractivity contribution in [3.05, 3.63) is 22.7 Å². The van der Waals surface area contributed by atoms with Gasteiger partial charge in [0.25, 0.3) is 0 Å². The van der Waals surface area contributed by atoms with Crippen LogP contribution in [0.15, 0.2) is 32.6 Å². The highest BCUT2D eigenvalue weighted by Crippen LogP contribution is 2.02. The number of aliphatic hydroxyl groups is 2. The van der Waals surface area contributed by atoms with Gasteiger partial charge in [0.1, 0.15) is 22.7 Å². The van der Waals surface area contributed by atoms with E-state index < -0.39 is 11.9 Å². The van der Waals surface area contributed by atoms with Gasteiger partial charge in [0.15, 0.2) is 0 Å². The van der Waals surface area contributed by atoms with E-state index in [0.717, 1.165) is 0 Å². The maximum atomic E-state index is 11.6. The van der Waals surface area contributed by atoms with Crippen molar-refractivity contribution in [1.82, 2.24) is 0 Å². The van der Waals surface area contributed by atoms with Crippen LogP contribution in [0.3, 0.4) is 0 Å². The zero-order chi connectivity index (χ0) is 18.5. The number of esters is 2. The molecule has 0 spiro atoms. The lowest BCUT2D eigenvalue weighted by molar-refractivity contribution is -0.139. The van der Waals surface area contributed by atoms with Crippen LogP contribution in [0.2, 0.25) is 0 Å². The molecule has 0 saturated carbocycles. The Hall–Kier alpha value is -2.64. The maximum Gasteiger partial charge on any atom is 0.343 e. The van der Waals surface area contributed by atoms with E-state index in [4.69, 9.17) is 9.47 Å². The Labute approximate surface area is 141 Å². The third-order valence-electron chi connectivity index (χ3n) is 2.57. The molecule has 0 rings (SSSR count). The minimum atomic E-state index is -0.659. The molecule has 8 nitrogen and oxygen atoms in total. The van der Waals surface area contributed by atoms with Gasteiger partial charge in [-0.1, -0.05) is 0 Å². The summed E-state index contributed by atoms with van der Waals surface area (Å²) >= 11 is 0. The van der Waals surface area contributed by atoms with Crippen LogP contribution in [-0.4, -0.2) is 60.9 Å². The van der Waals surface area contributed by atoms with Crippen LogP contribution in [0.4, 0.5) is 0 Å². The molecule has 8 heteroatoms. The second kappa shape index (κ2) is 11.9. The molecule has 0 aliphatic rings. The third kappa shape index (κ3) is 8.11. The monoisotopic (exact) mass is 340 g/mol. The van der Waals surface area contributed by atoms with Crippen LogP contribution in [0.5, 0.6) is 0 Å². The highest BCUT2D eigenvalue weighted by Gasteiger charge is 2.12. The van der Waals surface area contributed by atoms with Gasteiger partial charge in [0.2, 0.25) is 0 Å². The van der Waals surface area contributed by atoms with Gasteiger partial charge >= 0.3 is 11.9 Å². The molecule has 2 N–H and O–H groups in total. The van der Waals surface area contributed by atoms with Gasteiger partial charge in [-0.15, -0.1) is 0 Å². The summed E-state index contributed by atoms with van der Waals surface area (Å²) < 4.78 is 9.58. The van der Waals surface area contributed by atoms with Crippen molar-refractivity contribution in [2.45, 2.75) is 27.7 Å². The van der Waals surface area contributed by atoms with E-state index in [1.54, 1.807) is 13.8 Å². The molecule has 0 aromatic heterocycles. The Morgan fingerprint density at radius 3 is 1.42 bits per heavy atom.